The van der Waals surface area contributed by atoms with E-state index >= 15 is 0 Å². The summed E-state index contributed by atoms with van der Waals surface area (Å²) >= 11 is 0. The molecule has 1 aliphatic rings. The van der Waals surface area contributed by atoms with E-state index < -0.39 is 6.09 Å². The Hall–Kier alpha value is -3.02. The van der Waals surface area contributed by atoms with Crippen molar-refractivity contribution >= 4 is 17.0 Å². The van der Waals surface area contributed by atoms with Gasteiger partial charge in [-0.1, -0.05) is 0 Å². The van der Waals surface area contributed by atoms with Crippen molar-refractivity contribution in [1.82, 2.24) is 9.88 Å². The van der Waals surface area contributed by atoms with Gasteiger partial charge in [0.25, 0.3) is 0 Å². The maximum absolute atomic E-state index is 12.3. The highest BCUT2D eigenvalue weighted by Crippen LogP contribution is 2.30. The Morgan fingerprint density at radius 3 is 2.88 bits per heavy atom. The van der Waals surface area contributed by atoms with Gasteiger partial charge in [0.2, 0.25) is 5.88 Å². The summed E-state index contributed by atoms with van der Waals surface area (Å²) in [6.45, 7) is 5.20. The predicted octanol–water partition coefficient (Wildman–Crippen LogP) is 4.05. The fraction of sp³-hybridized carbons (Fsp3) is 0.263. The number of amides is 1. The number of nitrogens with zero attached hydrogens (tertiary/aromatic N) is 2. The van der Waals surface area contributed by atoms with Gasteiger partial charge in [0.1, 0.15) is 17.3 Å². The Morgan fingerprint density at radius 2 is 2.12 bits per heavy atom. The van der Waals surface area contributed by atoms with Crippen LogP contribution in [-0.2, 0) is 13.1 Å². The van der Waals surface area contributed by atoms with E-state index in [1.807, 2.05) is 50.2 Å². The molecule has 0 bridgehead atoms. The lowest BCUT2D eigenvalue weighted by molar-refractivity contribution is 0.129. The summed E-state index contributed by atoms with van der Waals surface area (Å²) in [5, 5.41) is 0.981. The van der Waals surface area contributed by atoms with Gasteiger partial charge in [-0.3, -0.25) is 4.90 Å². The molecular weight excluding hydrogens is 320 g/mol. The van der Waals surface area contributed by atoms with Crippen molar-refractivity contribution in [2.45, 2.75) is 26.9 Å². The van der Waals surface area contributed by atoms with Crippen LogP contribution in [0.2, 0.25) is 0 Å². The highest BCUT2D eigenvalue weighted by Gasteiger charge is 2.27. The van der Waals surface area contributed by atoms with Gasteiger partial charge in [0, 0.05) is 17.0 Å². The van der Waals surface area contributed by atoms with E-state index in [1.165, 1.54) is 0 Å². The highest BCUT2D eigenvalue weighted by molar-refractivity contribution is 5.83. The Labute approximate surface area is 145 Å². The molecule has 0 spiro atoms. The lowest BCUT2D eigenvalue weighted by Gasteiger charge is -2.26. The van der Waals surface area contributed by atoms with Crippen LogP contribution >= 0.6 is 0 Å². The number of furan rings is 1. The van der Waals surface area contributed by atoms with Crippen LogP contribution in [0.25, 0.3) is 10.9 Å². The summed E-state index contributed by atoms with van der Waals surface area (Å²) in [7, 11) is 0. The third kappa shape index (κ3) is 3.03. The van der Waals surface area contributed by atoms with Crippen molar-refractivity contribution in [3.05, 3.63) is 53.5 Å². The Morgan fingerprint density at radius 1 is 1.24 bits per heavy atom. The molecule has 1 amide bonds. The predicted molar refractivity (Wildman–Crippen MR) is 91.6 cm³/mol. The maximum Gasteiger partial charge on any atom is 0.417 e. The largest absolute Gasteiger partial charge is 0.494 e. The molecule has 0 fully saturated rings. The zero-order valence-electron chi connectivity index (χ0n) is 14.1. The molecule has 2 aromatic heterocycles. The number of fused-ring (bicyclic) bond motifs is 2. The number of rotatable bonds is 4. The van der Waals surface area contributed by atoms with Crippen LogP contribution in [0, 0.1) is 6.92 Å². The molecule has 3 heterocycles. The monoisotopic (exact) mass is 338 g/mol. The molecule has 25 heavy (non-hydrogen) atoms. The van der Waals surface area contributed by atoms with E-state index in [9.17, 15) is 4.79 Å². The first-order valence-corrected chi connectivity index (χ1v) is 8.21. The van der Waals surface area contributed by atoms with Crippen molar-refractivity contribution in [2.24, 2.45) is 0 Å². The van der Waals surface area contributed by atoms with Gasteiger partial charge in [0.05, 0.1) is 25.2 Å². The molecule has 0 saturated carbocycles. The Balaban J connectivity index is 1.63. The zero-order chi connectivity index (χ0) is 17.4. The van der Waals surface area contributed by atoms with Crippen molar-refractivity contribution in [3.63, 3.8) is 0 Å². The van der Waals surface area contributed by atoms with Crippen LogP contribution in [-0.4, -0.2) is 22.6 Å². The first kappa shape index (κ1) is 15.5. The molecule has 0 radical (unpaired) electrons. The van der Waals surface area contributed by atoms with Crippen molar-refractivity contribution in [3.8, 4) is 11.6 Å². The molecule has 128 valence electrons. The van der Waals surface area contributed by atoms with E-state index in [-0.39, 0.29) is 0 Å². The second-order valence-corrected chi connectivity index (χ2v) is 5.98. The number of carbonyl (C=O) groups excluding carboxylic acids is 1. The van der Waals surface area contributed by atoms with Gasteiger partial charge in [-0.25, -0.2) is 9.78 Å². The minimum absolute atomic E-state index is 0.359. The van der Waals surface area contributed by atoms with E-state index in [1.54, 1.807) is 4.90 Å². The second-order valence-electron chi connectivity index (χ2n) is 5.98. The van der Waals surface area contributed by atoms with Crippen LogP contribution in [0.4, 0.5) is 4.79 Å². The molecule has 0 unspecified atom stereocenters. The summed E-state index contributed by atoms with van der Waals surface area (Å²) in [6.07, 6.45) is -0.422. The van der Waals surface area contributed by atoms with Gasteiger partial charge in [-0.2, -0.15) is 0 Å². The zero-order valence-corrected chi connectivity index (χ0v) is 14.1. The summed E-state index contributed by atoms with van der Waals surface area (Å²) < 4.78 is 16.5. The average Bonchev–Trinajstić information content (AvgIpc) is 2.99. The summed E-state index contributed by atoms with van der Waals surface area (Å²) in [4.78, 5) is 18.4. The SMILES string of the molecule is CCOc1ccc2cc3c(nc2c1)OC(=O)N(Cc1ccc(C)o1)C3. The fourth-order valence-electron chi connectivity index (χ4n) is 2.93. The van der Waals surface area contributed by atoms with E-state index in [4.69, 9.17) is 13.9 Å². The average molecular weight is 338 g/mol. The highest BCUT2D eigenvalue weighted by atomic mass is 16.6. The Kier molecular flexibility index (Phi) is 3.80. The molecule has 1 aromatic carbocycles. The van der Waals surface area contributed by atoms with E-state index in [0.717, 1.165) is 33.7 Å². The first-order chi connectivity index (χ1) is 12.1. The molecule has 1 aliphatic heterocycles. The summed E-state index contributed by atoms with van der Waals surface area (Å²) in [5.74, 6) is 2.66. The molecule has 0 N–H and O–H groups in total. The molecule has 0 saturated heterocycles. The van der Waals surface area contributed by atoms with E-state index in [0.29, 0.717) is 25.6 Å². The summed E-state index contributed by atoms with van der Waals surface area (Å²) in [5.41, 5.74) is 1.62. The van der Waals surface area contributed by atoms with Gasteiger partial charge >= 0.3 is 6.09 Å². The number of ether oxygens (including phenoxy) is 2. The number of aryl methyl sites for hydroxylation is 1. The third-order valence-corrected chi connectivity index (χ3v) is 4.09. The van der Waals surface area contributed by atoms with Gasteiger partial charge in [-0.05, 0) is 44.2 Å². The number of carbonyl (C=O) groups is 1. The lowest BCUT2D eigenvalue weighted by atomic mass is 10.1. The number of benzene rings is 1. The second kappa shape index (κ2) is 6.12. The van der Waals surface area contributed by atoms with Crippen LogP contribution in [0.5, 0.6) is 11.6 Å². The van der Waals surface area contributed by atoms with Crippen LogP contribution in [0.1, 0.15) is 24.0 Å². The van der Waals surface area contributed by atoms with Gasteiger partial charge < -0.3 is 13.9 Å². The molecule has 0 atom stereocenters. The van der Waals surface area contributed by atoms with Crippen LogP contribution < -0.4 is 9.47 Å². The first-order valence-electron chi connectivity index (χ1n) is 8.21. The number of aromatic nitrogens is 1. The quantitative estimate of drug-likeness (QED) is 0.718. The van der Waals surface area contributed by atoms with E-state index in [2.05, 4.69) is 4.98 Å². The number of pyridine rings is 1. The molecular formula is C19H18N2O4. The topological polar surface area (TPSA) is 64.8 Å². The van der Waals surface area contributed by atoms with Gasteiger partial charge in [0.15, 0.2) is 0 Å². The van der Waals surface area contributed by atoms with Gasteiger partial charge in [-0.15, -0.1) is 0 Å². The molecule has 6 heteroatoms. The summed E-state index contributed by atoms with van der Waals surface area (Å²) in [6, 6.07) is 11.5. The van der Waals surface area contributed by atoms with Crippen molar-refractivity contribution < 1.29 is 18.7 Å². The smallest absolute Gasteiger partial charge is 0.417 e. The minimum Gasteiger partial charge on any atom is -0.494 e. The molecule has 0 aliphatic carbocycles. The lowest BCUT2D eigenvalue weighted by Crippen LogP contribution is -2.36. The minimum atomic E-state index is -0.422. The molecule has 4 rings (SSSR count). The van der Waals surface area contributed by atoms with Crippen LogP contribution in [0.15, 0.2) is 40.8 Å². The van der Waals surface area contributed by atoms with Crippen molar-refractivity contribution in [1.29, 1.82) is 0 Å². The standard InChI is InChI=1S/C19H18N2O4/c1-3-23-15-7-5-13-8-14-10-21(11-16-6-4-12(2)24-16)19(22)25-18(14)20-17(13)9-15/h4-9H,3,10-11H2,1-2H3. The van der Waals surface area contributed by atoms with Crippen molar-refractivity contribution in [2.75, 3.05) is 6.61 Å². The number of hydrogen-bond acceptors (Lipinski definition) is 5. The third-order valence-electron chi connectivity index (χ3n) is 4.09. The molecule has 6 nitrogen and oxygen atoms in total. The number of hydrogen-bond donors (Lipinski definition) is 0. The fourth-order valence-corrected chi connectivity index (χ4v) is 2.93. The normalized spacial score (nSPS) is 13.7. The van der Waals surface area contributed by atoms with Crippen LogP contribution in [0.3, 0.4) is 0 Å². The Bertz CT molecular complexity index is 948. The maximum atomic E-state index is 12.3. The molecule has 3 aromatic rings.